The van der Waals surface area contributed by atoms with Crippen molar-refractivity contribution < 1.29 is 23.8 Å². The van der Waals surface area contributed by atoms with Gasteiger partial charge in [0.05, 0.1) is 6.61 Å². The number of hydrogen-bond acceptors (Lipinski definition) is 6. The van der Waals surface area contributed by atoms with Gasteiger partial charge >= 0.3 is 5.97 Å². The third kappa shape index (κ3) is 2.96. The van der Waals surface area contributed by atoms with Crippen LogP contribution in [0.2, 0.25) is 0 Å². The summed E-state index contributed by atoms with van der Waals surface area (Å²) in [5.41, 5.74) is 0.658. The summed E-state index contributed by atoms with van der Waals surface area (Å²) < 4.78 is 15.8. The number of carbonyl (C=O) groups excluding carboxylic acids is 1. The van der Waals surface area contributed by atoms with Gasteiger partial charge in [0.15, 0.2) is 17.2 Å². The van der Waals surface area contributed by atoms with Gasteiger partial charge in [-0.1, -0.05) is 5.16 Å². The molecule has 0 fully saturated rings. The van der Waals surface area contributed by atoms with E-state index >= 15 is 0 Å². The van der Waals surface area contributed by atoms with Crippen molar-refractivity contribution >= 4 is 11.7 Å². The van der Waals surface area contributed by atoms with Crippen LogP contribution in [0.4, 0.5) is 0 Å². The van der Waals surface area contributed by atoms with Crippen molar-refractivity contribution in [3.05, 3.63) is 23.8 Å². The van der Waals surface area contributed by atoms with Crippen molar-refractivity contribution in [3.63, 3.8) is 0 Å². The highest BCUT2D eigenvalue weighted by molar-refractivity contribution is 6.43. The Balaban J connectivity index is 2.32. The molecule has 19 heavy (non-hydrogen) atoms. The maximum absolute atomic E-state index is 11.8. The summed E-state index contributed by atoms with van der Waals surface area (Å²) in [6.45, 7) is 2.99. The van der Waals surface area contributed by atoms with Crippen LogP contribution >= 0.6 is 0 Å². The van der Waals surface area contributed by atoms with E-state index in [1.54, 1.807) is 25.1 Å². The molecule has 0 unspecified atom stereocenters. The topological polar surface area (TPSA) is 66.4 Å². The summed E-state index contributed by atoms with van der Waals surface area (Å²) in [7, 11) is 1.37. The molecule has 0 saturated carbocycles. The van der Waals surface area contributed by atoms with Crippen molar-refractivity contribution in [2.24, 2.45) is 5.16 Å². The predicted molar refractivity (Wildman–Crippen MR) is 67.6 cm³/mol. The number of hydrogen-bond donors (Lipinski definition) is 0. The van der Waals surface area contributed by atoms with E-state index in [1.807, 2.05) is 0 Å². The second-order valence-electron chi connectivity index (χ2n) is 3.70. The molecule has 1 heterocycles. The third-order valence-electron chi connectivity index (χ3n) is 2.47. The van der Waals surface area contributed by atoms with Crippen molar-refractivity contribution in [1.29, 1.82) is 0 Å². The van der Waals surface area contributed by atoms with Crippen LogP contribution in [0.3, 0.4) is 0 Å². The molecule has 0 atom stereocenters. The Hall–Kier alpha value is -2.24. The normalized spacial score (nSPS) is 13.9. The van der Waals surface area contributed by atoms with E-state index in [0.717, 1.165) is 0 Å². The molecule has 1 aromatic rings. The molecule has 0 aliphatic carbocycles. The molecule has 6 nitrogen and oxygen atoms in total. The van der Waals surface area contributed by atoms with Crippen LogP contribution in [-0.4, -0.2) is 38.6 Å². The van der Waals surface area contributed by atoms with Crippen LogP contribution in [0.25, 0.3) is 0 Å². The van der Waals surface area contributed by atoms with E-state index in [0.29, 0.717) is 30.3 Å². The quantitative estimate of drug-likeness (QED) is 0.467. The average Bonchev–Trinajstić information content (AvgIpc) is 2.44. The lowest BCUT2D eigenvalue weighted by atomic mass is 10.1. The highest BCUT2D eigenvalue weighted by Gasteiger charge is 2.20. The van der Waals surface area contributed by atoms with Crippen LogP contribution < -0.4 is 9.47 Å². The number of esters is 1. The van der Waals surface area contributed by atoms with Gasteiger partial charge in [0, 0.05) is 5.56 Å². The Morgan fingerprint density at radius 3 is 2.74 bits per heavy atom. The molecule has 1 aliphatic heterocycles. The maximum atomic E-state index is 11.8. The molecule has 1 aliphatic rings. The van der Waals surface area contributed by atoms with Gasteiger partial charge in [0.2, 0.25) is 0 Å². The minimum Gasteiger partial charge on any atom is -0.486 e. The van der Waals surface area contributed by atoms with E-state index in [4.69, 9.17) is 14.2 Å². The lowest BCUT2D eigenvalue weighted by molar-refractivity contribution is -0.135. The molecule has 0 spiro atoms. The molecule has 0 saturated heterocycles. The molecule has 2 rings (SSSR count). The summed E-state index contributed by atoms with van der Waals surface area (Å²) in [5, 5.41) is 3.71. The fourth-order valence-corrected chi connectivity index (χ4v) is 1.69. The van der Waals surface area contributed by atoms with Gasteiger partial charge in [0.25, 0.3) is 0 Å². The number of carbonyl (C=O) groups is 1. The summed E-state index contributed by atoms with van der Waals surface area (Å²) in [6.07, 6.45) is 0. The summed E-state index contributed by atoms with van der Waals surface area (Å²) in [4.78, 5) is 16.5. The monoisotopic (exact) mass is 265 g/mol. The third-order valence-corrected chi connectivity index (χ3v) is 2.47. The standard InChI is InChI=1S/C13H15NO5/c1-3-17-13(15)12(14-16-2)9-4-5-10-11(8-9)19-7-6-18-10/h4-5,8H,3,6-7H2,1-2H3/b14-12-. The summed E-state index contributed by atoms with van der Waals surface area (Å²) >= 11 is 0. The zero-order valence-electron chi connectivity index (χ0n) is 10.8. The van der Waals surface area contributed by atoms with Gasteiger partial charge in [-0.15, -0.1) is 0 Å². The van der Waals surface area contributed by atoms with E-state index in [-0.39, 0.29) is 12.3 Å². The predicted octanol–water partition coefficient (Wildman–Crippen LogP) is 1.37. The van der Waals surface area contributed by atoms with Crippen LogP contribution in [0.5, 0.6) is 11.5 Å². The first-order valence-electron chi connectivity index (χ1n) is 5.94. The second kappa shape index (κ2) is 6.08. The molecule has 6 heteroatoms. The Morgan fingerprint density at radius 2 is 2.05 bits per heavy atom. The summed E-state index contributed by atoms with van der Waals surface area (Å²) in [5.74, 6) is 0.688. The molecule has 0 N–H and O–H groups in total. The molecule has 0 amide bonds. The maximum Gasteiger partial charge on any atom is 0.361 e. The molecular weight excluding hydrogens is 250 g/mol. The minimum atomic E-state index is -0.541. The second-order valence-corrected chi connectivity index (χ2v) is 3.70. The number of ether oxygens (including phenoxy) is 3. The van der Waals surface area contributed by atoms with Crippen molar-refractivity contribution in [3.8, 4) is 11.5 Å². The van der Waals surface area contributed by atoms with E-state index in [2.05, 4.69) is 9.99 Å². The van der Waals surface area contributed by atoms with Gasteiger partial charge in [0.1, 0.15) is 20.3 Å². The first-order valence-corrected chi connectivity index (χ1v) is 5.94. The Bertz CT molecular complexity index is 498. The van der Waals surface area contributed by atoms with E-state index in [1.165, 1.54) is 7.11 Å². The van der Waals surface area contributed by atoms with Gasteiger partial charge in [-0.05, 0) is 25.1 Å². The fraction of sp³-hybridized carbons (Fsp3) is 0.385. The Morgan fingerprint density at radius 1 is 1.32 bits per heavy atom. The lowest BCUT2D eigenvalue weighted by Gasteiger charge is -2.18. The number of nitrogens with zero attached hydrogens (tertiary/aromatic N) is 1. The van der Waals surface area contributed by atoms with Crippen LogP contribution in [0.1, 0.15) is 12.5 Å². The zero-order chi connectivity index (χ0) is 13.7. The first-order chi connectivity index (χ1) is 9.26. The van der Waals surface area contributed by atoms with Crippen LogP contribution in [0.15, 0.2) is 23.4 Å². The van der Waals surface area contributed by atoms with Gasteiger partial charge < -0.3 is 19.0 Å². The highest BCUT2D eigenvalue weighted by atomic mass is 16.6. The fourth-order valence-electron chi connectivity index (χ4n) is 1.69. The smallest absolute Gasteiger partial charge is 0.361 e. The molecular formula is C13H15NO5. The van der Waals surface area contributed by atoms with Gasteiger partial charge in [-0.25, -0.2) is 4.79 Å². The average molecular weight is 265 g/mol. The summed E-state index contributed by atoms with van der Waals surface area (Å²) in [6, 6.07) is 5.12. The van der Waals surface area contributed by atoms with Crippen molar-refractivity contribution in [1.82, 2.24) is 0 Å². The number of rotatable bonds is 4. The molecule has 102 valence electrons. The van der Waals surface area contributed by atoms with Crippen LogP contribution in [0, 0.1) is 0 Å². The lowest BCUT2D eigenvalue weighted by Crippen LogP contribution is -2.20. The number of fused-ring (bicyclic) bond motifs is 1. The van der Waals surface area contributed by atoms with E-state index in [9.17, 15) is 4.79 Å². The Kier molecular flexibility index (Phi) is 4.22. The largest absolute Gasteiger partial charge is 0.486 e. The number of oxime groups is 1. The highest BCUT2D eigenvalue weighted by Crippen LogP contribution is 2.31. The Labute approximate surface area is 110 Å². The first kappa shape index (κ1) is 13.2. The SMILES string of the molecule is CCOC(=O)/C(=N\OC)c1ccc2c(c1)OCCO2. The van der Waals surface area contributed by atoms with Gasteiger partial charge in [-0.3, -0.25) is 0 Å². The van der Waals surface area contributed by atoms with Crippen molar-refractivity contribution in [2.75, 3.05) is 26.9 Å². The minimum absolute atomic E-state index is 0.0984. The van der Waals surface area contributed by atoms with Gasteiger partial charge in [-0.2, -0.15) is 0 Å². The molecule has 0 aromatic heterocycles. The number of benzene rings is 1. The molecule has 0 radical (unpaired) electrons. The zero-order valence-corrected chi connectivity index (χ0v) is 10.8. The molecule has 1 aromatic carbocycles. The molecule has 0 bridgehead atoms. The van der Waals surface area contributed by atoms with Crippen LogP contribution in [-0.2, 0) is 14.4 Å². The van der Waals surface area contributed by atoms with E-state index < -0.39 is 5.97 Å². The van der Waals surface area contributed by atoms with Crippen molar-refractivity contribution in [2.45, 2.75) is 6.92 Å².